The Balaban J connectivity index is 1.76. The Hall–Kier alpha value is -1.32. The van der Waals surface area contributed by atoms with Gasteiger partial charge in [-0.3, -0.25) is 13.6 Å². The Morgan fingerprint density at radius 1 is 1.20 bits per heavy atom. The van der Waals surface area contributed by atoms with Crippen molar-refractivity contribution in [3.05, 3.63) is 12.7 Å². The Morgan fingerprint density at radius 3 is 2.53 bits per heavy atom. The van der Waals surface area contributed by atoms with Crippen LogP contribution in [-0.4, -0.2) is 58.8 Å². The fourth-order valence-corrected chi connectivity index (χ4v) is 5.90. The fourth-order valence-electron chi connectivity index (χ4n) is 2.47. The van der Waals surface area contributed by atoms with Gasteiger partial charge in [-0.1, -0.05) is 0 Å². The first-order valence-electron chi connectivity index (χ1n) is 7.74. The molecule has 2 aromatic rings. The quantitative estimate of drug-likeness (QED) is 0.305. The number of nitrogens with two attached hydrogens (primary N) is 1. The average Bonchev–Trinajstić information content (AvgIpc) is 3.17. The molecule has 0 aliphatic carbocycles. The number of nitrogens with zero attached hydrogens (tertiary/aromatic N) is 4. The molecule has 2 aromatic heterocycles. The normalized spacial score (nSPS) is 26.5. The van der Waals surface area contributed by atoms with Crippen molar-refractivity contribution < 1.29 is 55.9 Å². The zero-order valence-corrected chi connectivity index (χ0v) is 17.5. The molecule has 0 spiro atoms. The first-order chi connectivity index (χ1) is 13.8. The van der Waals surface area contributed by atoms with Gasteiger partial charge in [-0.2, -0.15) is 8.62 Å². The van der Waals surface area contributed by atoms with E-state index in [-0.39, 0.29) is 23.4 Å². The zero-order chi connectivity index (χ0) is 22.3. The van der Waals surface area contributed by atoms with Crippen LogP contribution in [0.4, 0.5) is 5.82 Å². The smallest absolute Gasteiger partial charge is 0.388 e. The van der Waals surface area contributed by atoms with Gasteiger partial charge in [0.15, 0.2) is 17.8 Å². The van der Waals surface area contributed by atoms with Crippen LogP contribution < -0.4 is 5.73 Å². The molecule has 0 saturated carbocycles. The summed E-state index contributed by atoms with van der Waals surface area (Å²) in [5.74, 6) is 0.103. The number of aliphatic hydroxyl groups excluding tert-OH is 1. The van der Waals surface area contributed by atoms with Crippen LogP contribution in [0, 0.1) is 0 Å². The van der Waals surface area contributed by atoms with Gasteiger partial charge in [-0.25, -0.2) is 28.6 Å². The summed E-state index contributed by atoms with van der Waals surface area (Å²) in [4.78, 5) is 38.4. The van der Waals surface area contributed by atoms with Crippen molar-refractivity contribution in [2.75, 3.05) is 12.8 Å². The Bertz CT molecular complexity index is 1070. The lowest BCUT2D eigenvalue weighted by Crippen LogP contribution is -2.23. The molecule has 3 rings (SSSR count). The van der Waals surface area contributed by atoms with Gasteiger partial charge >= 0.3 is 23.5 Å². The van der Waals surface area contributed by atoms with Crippen LogP contribution in [0.1, 0.15) is 12.6 Å². The molecule has 17 nitrogen and oxygen atoms in total. The van der Waals surface area contributed by atoms with Crippen molar-refractivity contribution >= 4 is 40.4 Å². The van der Waals surface area contributed by atoms with Gasteiger partial charge in [-0.05, 0) is 0 Å². The minimum absolute atomic E-state index is 0.103. The Morgan fingerprint density at radius 2 is 1.90 bits per heavy atom. The number of anilines is 1. The van der Waals surface area contributed by atoms with Crippen LogP contribution in [0.15, 0.2) is 12.7 Å². The molecule has 6 N–H and O–H groups in total. The zero-order valence-electron chi connectivity index (χ0n) is 14.9. The van der Waals surface area contributed by atoms with E-state index in [0.717, 1.165) is 7.11 Å². The van der Waals surface area contributed by atoms with Crippen LogP contribution >= 0.6 is 23.5 Å². The highest BCUT2D eigenvalue weighted by atomic mass is 31.3. The third-order valence-corrected chi connectivity index (χ3v) is 7.83. The van der Waals surface area contributed by atoms with E-state index in [4.69, 9.17) is 24.8 Å². The summed E-state index contributed by atoms with van der Waals surface area (Å²) >= 11 is 0. The van der Waals surface area contributed by atoms with Crippen molar-refractivity contribution in [1.29, 1.82) is 0 Å². The number of hydrogen-bond donors (Lipinski definition) is 5. The summed E-state index contributed by atoms with van der Waals surface area (Å²) in [7, 11) is -15.3. The molecule has 1 fully saturated rings. The van der Waals surface area contributed by atoms with Crippen molar-refractivity contribution in [3.63, 3.8) is 0 Å². The first-order valence-corrected chi connectivity index (χ1v) is 12.2. The number of nitrogen functional groups attached to an aromatic ring is 1. The highest BCUT2D eigenvalue weighted by Gasteiger charge is 2.47. The van der Waals surface area contributed by atoms with E-state index in [1.807, 2.05) is 0 Å². The van der Waals surface area contributed by atoms with E-state index in [1.54, 1.807) is 0 Å². The van der Waals surface area contributed by atoms with E-state index in [0.29, 0.717) is 0 Å². The van der Waals surface area contributed by atoms with Crippen LogP contribution in [0.5, 0.6) is 0 Å². The molecule has 20 heteroatoms. The highest BCUT2D eigenvalue weighted by molar-refractivity contribution is 7.66. The summed E-state index contributed by atoms with van der Waals surface area (Å²) in [5.41, 5.74) is 6.23. The molecule has 0 bridgehead atoms. The standard InChI is InChI=1S/C10H16N5O12P3/c1-23-30(22,27-29(20,21)26-28(17,18)19)25-10-5(16)2-6(24-10)15-4-14-7-8(11)12-3-13-9(7)15/h3-6,10,16H,2H2,1H3,(H,20,21)(H2,11,12,13)(H2,17,18,19)/t5-,6+,10+,30?/m0/s1. The molecule has 0 amide bonds. The molecule has 3 heterocycles. The molecule has 0 radical (unpaired) electrons. The number of rotatable bonds is 8. The number of hydrogen-bond acceptors (Lipinski definition) is 13. The second-order valence-corrected chi connectivity index (χ2v) is 10.4. The molecule has 2 unspecified atom stereocenters. The van der Waals surface area contributed by atoms with E-state index >= 15 is 0 Å². The summed E-state index contributed by atoms with van der Waals surface area (Å²) in [6, 6.07) is 0. The molecular weight excluding hydrogens is 475 g/mol. The molecule has 1 aliphatic rings. The second kappa shape index (κ2) is 8.31. The number of aliphatic hydroxyl groups is 1. The fraction of sp³-hybridized carbons (Fsp3) is 0.500. The van der Waals surface area contributed by atoms with Crippen LogP contribution in [0.25, 0.3) is 11.2 Å². The number of ether oxygens (including phenoxy) is 1. The van der Waals surface area contributed by atoms with Crippen molar-refractivity contribution in [1.82, 2.24) is 19.5 Å². The molecule has 0 aromatic carbocycles. The van der Waals surface area contributed by atoms with E-state index in [1.165, 1.54) is 17.2 Å². The van der Waals surface area contributed by atoms with E-state index < -0.39 is 42.1 Å². The minimum atomic E-state index is -5.59. The molecule has 1 aliphatic heterocycles. The van der Waals surface area contributed by atoms with Crippen molar-refractivity contribution in [2.24, 2.45) is 0 Å². The van der Waals surface area contributed by atoms with Crippen LogP contribution in [0.3, 0.4) is 0 Å². The van der Waals surface area contributed by atoms with E-state index in [9.17, 15) is 23.7 Å². The average molecular weight is 491 g/mol. The summed E-state index contributed by atoms with van der Waals surface area (Å²) in [5, 5.41) is 10.2. The van der Waals surface area contributed by atoms with Gasteiger partial charge in [0.05, 0.1) is 6.33 Å². The third-order valence-electron chi connectivity index (χ3n) is 3.62. The number of phosphoric ester groups is 1. The minimum Gasteiger partial charge on any atom is -0.388 e. The summed E-state index contributed by atoms with van der Waals surface area (Å²) < 4.78 is 58.6. The van der Waals surface area contributed by atoms with Crippen LogP contribution in [-0.2, 0) is 36.1 Å². The van der Waals surface area contributed by atoms with Crippen molar-refractivity contribution in [3.8, 4) is 0 Å². The lowest BCUT2D eigenvalue weighted by Gasteiger charge is -2.22. The lowest BCUT2D eigenvalue weighted by molar-refractivity contribution is -0.134. The van der Waals surface area contributed by atoms with Gasteiger partial charge in [0, 0.05) is 13.5 Å². The predicted octanol–water partition coefficient (Wildman–Crippen LogP) is 0.0118. The number of fused-ring (bicyclic) bond motifs is 1. The Labute approximate surface area is 167 Å². The maximum Gasteiger partial charge on any atom is 0.490 e. The Kier molecular flexibility index (Phi) is 6.47. The highest BCUT2D eigenvalue weighted by Crippen LogP contribution is 2.68. The lowest BCUT2D eigenvalue weighted by atomic mass is 10.2. The van der Waals surface area contributed by atoms with Gasteiger partial charge in [0.25, 0.3) is 0 Å². The molecular formula is C10H16N5O12P3. The second-order valence-electron chi connectivity index (χ2n) is 5.70. The molecule has 5 atom stereocenters. The van der Waals surface area contributed by atoms with Gasteiger partial charge in [0.1, 0.15) is 24.2 Å². The molecule has 1 saturated heterocycles. The number of imidazole rings is 1. The largest absolute Gasteiger partial charge is 0.490 e. The van der Waals surface area contributed by atoms with Gasteiger partial charge < -0.3 is 30.3 Å². The number of phosphoric acid groups is 3. The molecule has 30 heavy (non-hydrogen) atoms. The topological polar surface area (TPSA) is 248 Å². The summed E-state index contributed by atoms with van der Waals surface area (Å²) in [6.45, 7) is 0. The monoisotopic (exact) mass is 491 g/mol. The van der Waals surface area contributed by atoms with Crippen molar-refractivity contribution in [2.45, 2.75) is 25.0 Å². The SMILES string of the molecule is COP(=O)(O[C@H]1O[C@@H](n2cnc3c(N)ncnc32)C[C@@H]1O)OP(=O)(O)OP(=O)(O)O. The third kappa shape index (κ3) is 5.29. The maximum absolute atomic E-state index is 12.5. The first kappa shape index (κ1) is 23.3. The number of aromatic nitrogens is 4. The summed E-state index contributed by atoms with van der Waals surface area (Å²) in [6.07, 6.45) is -1.71. The van der Waals surface area contributed by atoms with Gasteiger partial charge in [0.2, 0.25) is 0 Å². The molecule has 168 valence electrons. The maximum atomic E-state index is 12.5. The van der Waals surface area contributed by atoms with Crippen LogP contribution in [0.2, 0.25) is 0 Å². The van der Waals surface area contributed by atoms with E-state index in [2.05, 4.69) is 28.1 Å². The van der Waals surface area contributed by atoms with Gasteiger partial charge in [-0.15, -0.1) is 0 Å². The predicted molar refractivity (Wildman–Crippen MR) is 94.0 cm³/mol.